The molecule has 24 heavy (non-hydrogen) atoms. The number of carbonyl (C=O) groups is 1. The van der Waals surface area contributed by atoms with Gasteiger partial charge in [-0.25, -0.2) is 9.37 Å². The molecule has 1 amide bonds. The van der Waals surface area contributed by atoms with Crippen molar-refractivity contribution < 1.29 is 13.9 Å². The van der Waals surface area contributed by atoms with Gasteiger partial charge in [0.25, 0.3) is 5.91 Å². The normalized spacial score (nSPS) is 24.5. The van der Waals surface area contributed by atoms with E-state index in [-0.39, 0.29) is 29.2 Å². The highest BCUT2D eigenvalue weighted by Crippen LogP contribution is 2.20. The second-order valence-electron chi connectivity index (χ2n) is 6.44. The molecule has 1 N–H and O–H groups in total. The van der Waals surface area contributed by atoms with E-state index in [1.54, 1.807) is 24.3 Å². The largest absolute Gasteiger partial charge is 0.378 e. The summed E-state index contributed by atoms with van der Waals surface area (Å²) in [5.74, 6) is -0.693. The number of para-hydroxylation sites is 1. The number of aromatic nitrogens is 1. The zero-order chi connectivity index (χ0) is 16.5. The minimum absolute atomic E-state index is 0.0475. The number of hydrogen-bond donors (Lipinski definition) is 1. The van der Waals surface area contributed by atoms with Crippen molar-refractivity contribution in [3.8, 4) is 0 Å². The van der Waals surface area contributed by atoms with Gasteiger partial charge in [0.1, 0.15) is 17.0 Å². The topological polar surface area (TPSA) is 54.5 Å². The number of carbonyl (C=O) groups excluding carboxylic acids is 1. The van der Waals surface area contributed by atoms with E-state index in [1.165, 1.54) is 18.9 Å². The lowest BCUT2D eigenvalue weighted by atomic mass is 10.1. The Balaban J connectivity index is 1.52. The molecular formula is C18H20FN3O2. The minimum Gasteiger partial charge on any atom is -0.378 e. The molecule has 0 bridgehead atoms. The summed E-state index contributed by atoms with van der Waals surface area (Å²) in [6.07, 6.45) is 2.39. The number of benzene rings is 1. The van der Waals surface area contributed by atoms with Gasteiger partial charge in [-0.15, -0.1) is 0 Å². The van der Waals surface area contributed by atoms with Crippen LogP contribution >= 0.6 is 0 Å². The van der Waals surface area contributed by atoms with Crippen molar-refractivity contribution in [2.75, 3.05) is 26.3 Å². The van der Waals surface area contributed by atoms with Gasteiger partial charge < -0.3 is 10.1 Å². The van der Waals surface area contributed by atoms with Crippen LogP contribution < -0.4 is 5.32 Å². The highest BCUT2D eigenvalue weighted by Gasteiger charge is 2.35. The van der Waals surface area contributed by atoms with E-state index in [1.807, 2.05) is 0 Å². The number of nitrogens with zero attached hydrogens (tertiary/aromatic N) is 2. The summed E-state index contributed by atoms with van der Waals surface area (Å²) in [6.45, 7) is 3.26. The number of rotatable bonds is 3. The Morgan fingerprint density at radius 3 is 2.88 bits per heavy atom. The predicted molar refractivity (Wildman–Crippen MR) is 88.4 cm³/mol. The van der Waals surface area contributed by atoms with Crippen molar-refractivity contribution in [1.29, 1.82) is 0 Å². The first-order chi connectivity index (χ1) is 11.7. The Morgan fingerprint density at radius 1 is 1.21 bits per heavy atom. The predicted octanol–water partition coefficient (Wildman–Crippen LogP) is 1.97. The Kier molecular flexibility index (Phi) is 4.16. The average Bonchev–Trinajstić information content (AvgIpc) is 3.26. The molecule has 6 heteroatoms. The fourth-order valence-corrected chi connectivity index (χ4v) is 3.59. The molecule has 126 valence electrons. The van der Waals surface area contributed by atoms with Crippen LogP contribution in [-0.4, -0.2) is 54.2 Å². The van der Waals surface area contributed by atoms with Crippen LogP contribution in [0.15, 0.2) is 30.3 Å². The third kappa shape index (κ3) is 2.87. The maximum Gasteiger partial charge on any atom is 0.270 e. The SMILES string of the molecule is O=C(N[C@@H]1COC[C@H]1N1CCCC1)c1ccc2cccc(F)c2n1. The van der Waals surface area contributed by atoms with Crippen molar-refractivity contribution in [2.24, 2.45) is 0 Å². The van der Waals surface area contributed by atoms with E-state index in [0.717, 1.165) is 13.1 Å². The van der Waals surface area contributed by atoms with Gasteiger partial charge in [0.05, 0.1) is 25.3 Å². The van der Waals surface area contributed by atoms with Gasteiger partial charge in [-0.3, -0.25) is 9.69 Å². The first kappa shape index (κ1) is 15.5. The molecule has 2 aliphatic rings. The highest BCUT2D eigenvalue weighted by molar-refractivity contribution is 5.95. The third-order valence-corrected chi connectivity index (χ3v) is 4.88. The standard InChI is InChI=1S/C18H20FN3O2/c19-13-5-3-4-12-6-7-14(20-17(12)13)18(23)21-15-10-24-11-16(15)22-8-1-2-9-22/h3-7,15-16H,1-2,8-11H2,(H,21,23)/t15-,16-/m1/s1. The molecule has 3 heterocycles. The van der Waals surface area contributed by atoms with Gasteiger partial charge >= 0.3 is 0 Å². The van der Waals surface area contributed by atoms with Crippen molar-refractivity contribution in [3.63, 3.8) is 0 Å². The Bertz CT molecular complexity index is 761. The summed E-state index contributed by atoms with van der Waals surface area (Å²) in [7, 11) is 0. The highest BCUT2D eigenvalue weighted by atomic mass is 19.1. The van der Waals surface area contributed by atoms with Gasteiger partial charge in [-0.2, -0.15) is 0 Å². The van der Waals surface area contributed by atoms with Crippen LogP contribution in [0.3, 0.4) is 0 Å². The molecule has 1 aromatic heterocycles. The summed E-state index contributed by atoms with van der Waals surface area (Å²) >= 11 is 0. The van der Waals surface area contributed by atoms with Crippen LogP contribution in [0.4, 0.5) is 4.39 Å². The van der Waals surface area contributed by atoms with Crippen LogP contribution in [0.25, 0.3) is 10.9 Å². The maximum absolute atomic E-state index is 13.9. The van der Waals surface area contributed by atoms with E-state index in [0.29, 0.717) is 18.6 Å². The zero-order valence-corrected chi connectivity index (χ0v) is 13.4. The van der Waals surface area contributed by atoms with Gasteiger partial charge in [0, 0.05) is 5.39 Å². The molecule has 0 unspecified atom stereocenters. The summed E-state index contributed by atoms with van der Waals surface area (Å²) in [6, 6.07) is 8.30. The van der Waals surface area contributed by atoms with Crippen molar-refractivity contribution >= 4 is 16.8 Å². The molecule has 4 rings (SSSR count). The van der Waals surface area contributed by atoms with Gasteiger partial charge in [-0.05, 0) is 38.1 Å². The van der Waals surface area contributed by atoms with E-state index < -0.39 is 5.82 Å². The number of pyridine rings is 1. The van der Waals surface area contributed by atoms with Gasteiger partial charge in [-0.1, -0.05) is 18.2 Å². The maximum atomic E-state index is 13.9. The van der Waals surface area contributed by atoms with Gasteiger partial charge in [0.15, 0.2) is 0 Å². The second-order valence-corrected chi connectivity index (χ2v) is 6.44. The summed E-state index contributed by atoms with van der Waals surface area (Å²) in [5, 5.41) is 3.70. The van der Waals surface area contributed by atoms with Crippen molar-refractivity contribution in [2.45, 2.75) is 24.9 Å². The number of halogens is 1. The molecule has 0 aliphatic carbocycles. The fraction of sp³-hybridized carbons (Fsp3) is 0.444. The molecule has 1 aromatic carbocycles. The molecule has 2 aromatic rings. The summed E-state index contributed by atoms with van der Waals surface area (Å²) in [5.41, 5.74) is 0.462. The lowest BCUT2D eigenvalue weighted by molar-refractivity contribution is 0.0912. The molecule has 0 saturated carbocycles. The average molecular weight is 329 g/mol. The minimum atomic E-state index is -0.415. The number of likely N-dealkylation sites (tertiary alicyclic amines) is 1. The lowest BCUT2D eigenvalue weighted by Crippen LogP contribution is -2.50. The third-order valence-electron chi connectivity index (χ3n) is 4.88. The molecule has 2 atom stereocenters. The Labute approximate surface area is 139 Å². The monoisotopic (exact) mass is 329 g/mol. The van der Waals surface area contributed by atoms with Crippen LogP contribution in [0.5, 0.6) is 0 Å². The van der Waals surface area contributed by atoms with E-state index in [4.69, 9.17) is 4.74 Å². The zero-order valence-electron chi connectivity index (χ0n) is 13.4. The molecule has 2 aliphatic heterocycles. The number of amides is 1. The number of fused-ring (bicyclic) bond motifs is 1. The second kappa shape index (κ2) is 6.45. The smallest absolute Gasteiger partial charge is 0.270 e. The van der Waals surface area contributed by atoms with Crippen LogP contribution in [0, 0.1) is 5.82 Å². The van der Waals surface area contributed by atoms with Crippen LogP contribution in [0.1, 0.15) is 23.3 Å². The molecule has 2 fully saturated rings. The number of ether oxygens (including phenoxy) is 1. The quantitative estimate of drug-likeness (QED) is 0.935. The van der Waals surface area contributed by atoms with Crippen molar-refractivity contribution in [1.82, 2.24) is 15.2 Å². The Morgan fingerprint density at radius 2 is 2.04 bits per heavy atom. The molecule has 5 nitrogen and oxygen atoms in total. The molecule has 2 saturated heterocycles. The summed E-state index contributed by atoms with van der Waals surface area (Å²) < 4.78 is 19.5. The molecular weight excluding hydrogens is 309 g/mol. The van der Waals surface area contributed by atoms with Crippen LogP contribution in [0.2, 0.25) is 0 Å². The first-order valence-electron chi connectivity index (χ1n) is 8.40. The number of hydrogen-bond acceptors (Lipinski definition) is 4. The fourth-order valence-electron chi connectivity index (χ4n) is 3.59. The van der Waals surface area contributed by atoms with E-state index in [9.17, 15) is 9.18 Å². The molecule has 0 radical (unpaired) electrons. The van der Waals surface area contributed by atoms with E-state index in [2.05, 4.69) is 15.2 Å². The van der Waals surface area contributed by atoms with Crippen LogP contribution in [-0.2, 0) is 4.74 Å². The number of nitrogens with one attached hydrogen (secondary N) is 1. The van der Waals surface area contributed by atoms with E-state index >= 15 is 0 Å². The summed E-state index contributed by atoms with van der Waals surface area (Å²) in [4.78, 5) is 19.1. The van der Waals surface area contributed by atoms with Crippen molar-refractivity contribution in [3.05, 3.63) is 41.8 Å². The molecule has 0 spiro atoms. The lowest BCUT2D eigenvalue weighted by Gasteiger charge is -2.27. The Hall–Kier alpha value is -2.05. The van der Waals surface area contributed by atoms with Gasteiger partial charge in [0.2, 0.25) is 0 Å². The first-order valence-corrected chi connectivity index (χ1v) is 8.40.